The standard InChI is InChI=1S/C19H18ClN5O2S/c20-16-4-5-21-19(24-16)25-8-12(9-25)23-18(26)11-6-13(7-11)27-14-2-1-3-15-17(14)22-10-28-15/h1-5,10-13H,6-9H2,(H,23,26)/t11-,13-. The molecule has 1 aromatic carbocycles. The molecule has 0 spiro atoms. The number of carbonyl (C=O) groups excluding carboxylic acids is 1. The normalized spacial score (nSPS) is 21.8. The monoisotopic (exact) mass is 415 g/mol. The highest BCUT2D eigenvalue weighted by Crippen LogP contribution is 2.35. The highest BCUT2D eigenvalue weighted by atomic mass is 35.5. The minimum absolute atomic E-state index is 0.0103. The van der Waals surface area contributed by atoms with Gasteiger partial charge in [-0.15, -0.1) is 11.3 Å². The molecule has 1 N–H and O–H groups in total. The molecule has 3 aromatic rings. The van der Waals surface area contributed by atoms with Gasteiger partial charge in [0.25, 0.3) is 0 Å². The molecular formula is C19H18ClN5O2S. The van der Waals surface area contributed by atoms with Crippen LogP contribution in [0.3, 0.4) is 0 Å². The average molecular weight is 416 g/mol. The van der Waals surface area contributed by atoms with Gasteiger partial charge >= 0.3 is 0 Å². The molecule has 0 bridgehead atoms. The van der Waals surface area contributed by atoms with Crippen molar-refractivity contribution in [1.29, 1.82) is 0 Å². The number of amides is 1. The Bertz CT molecular complexity index is 1020. The van der Waals surface area contributed by atoms with Crippen LogP contribution < -0.4 is 15.0 Å². The summed E-state index contributed by atoms with van der Waals surface area (Å²) >= 11 is 7.49. The smallest absolute Gasteiger partial charge is 0.226 e. The van der Waals surface area contributed by atoms with E-state index < -0.39 is 0 Å². The Hall–Kier alpha value is -2.45. The highest BCUT2D eigenvalue weighted by Gasteiger charge is 2.39. The number of rotatable bonds is 5. The van der Waals surface area contributed by atoms with Crippen molar-refractivity contribution in [2.45, 2.75) is 25.0 Å². The SMILES string of the molecule is O=C(NC1CN(c2nccc(Cl)n2)C1)[C@H]1C[C@H](Oc2cccc3scnc23)C1. The third-order valence-electron chi connectivity index (χ3n) is 5.20. The summed E-state index contributed by atoms with van der Waals surface area (Å²) < 4.78 is 7.18. The lowest BCUT2D eigenvalue weighted by atomic mass is 9.81. The van der Waals surface area contributed by atoms with Gasteiger partial charge in [0, 0.05) is 25.2 Å². The molecule has 0 atom stereocenters. The maximum absolute atomic E-state index is 12.4. The molecule has 144 valence electrons. The van der Waals surface area contributed by atoms with Crippen molar-refractivity contribution >= 4 is 45.0 Å². The molecule has 7 nitrogen and oxygen atoms in total. The predicted molar refractivity (Wildman–Crippen MR) is 108 cm³/mol. The van der Waals surface area contributed by atoms with Crippen molar-refractivity contribution < 1.29 is 9.53 Å². The molecule has 1 saturated heterocycles. The first kappa shape index (κ1) is 17.6. The van der Waals surface area contributed by atoms with Crippen LogP contribution >= 0.6 is 22.9 Å². The molecule has 1 amide bonds. The van der Waals surface area contributed by atoms with Crippen LogP contribution in [0.1, 0.15) is 12.8 Å². The molecule has 28 heavy (non-hydrogen) atoms. The van der Waals surface area contributed by atoms with Crippen LogP contribution in [-0.2, 0) is 4.79 Å². The van der Waals surface area contributed by atoms with Gasteiger partial charge in [0.1, 0.15) is 22.5 Å². The molecule has 2 aliphatic rings. The second-order valence-corrected chi connectivity index (χ2v) is 8.43. The van der Waals surface area contributed by atoms with Crippen LogP contribution in [0, 0.1) is 5.92 Å². The summed E-state index contributed by atoms with van der Waals surface area (Å²) in [4.78, 5) is 27.2. The van der Waals surface area contributed by atoms with E-state index >= 15 is 0 Å². The largest absolute Gasteiger partial charge is 0.488 e. The van der Waals surface area contributed by atoms with E-state index in [1.54, 1.807) is 23.6 Å². The number of nitrogens with zero attached hydrogens (tertiary/aromatic N) is 4. The first-order chi connectivity index (χ1) is 13.7. The molecule has 3 heterocycles. The first-order valence-electron chi connectivity index (χ1n) is 9.18. The molecule has 1 aliphatic carbocycles. The van der Waals surface area contributed by atoms with E-state index in [9.17, 15) is 4.79 Å². The zero-order valence-electron chi connectivity index (χ0n) is 14.9. The number of nitrogens with one attached hydrogen (secondary N) is 1. The number of anilines is 1. The maximum atomic E-state index is 12.4. The zero-order chi connectivity index (χ0) is 19.1. The van der Waals surface area contributed by atoms with Gasteiger partial charge in [-0.05, 0) is 31.0 Å². The lowest BCUT2D eigenvalue weighted by Gasteiger charge is -2.41. The number of carbonyl (C=O) groups is 1. The number of fused-ring (bicyclic) bond motifs is 1. The van der Waals surface area contributed by atoms with Gasteiger partial charge in [-0.1, -0.05) is 17.7 Å². The molecule has 0 radical (unpaired) electrons. The average Bonchev–Trinajstić information content (AvgIpc) is 3.09. The summed E-state index contributed by atoms with van der Waals surface area (Å²) in [5, 5.41) is 3.53. The van der Waals surface area contributed by atoms with Crippen molar-refractivity contribution in [3.63, 3.8) is 0 Å². The van der Waals surface area contributed by atoms with E-state index in [2.05, 4.69) is 20.3 Å². The molecule has 9 heteroatoms. The molecule has 1 aliphatic heterocycles. The topological polar surface area (TPSA) is 80.2 Å². The van der Waals surface area contributed by atoms with E-state index in [-0.39, 0.29) is 24.0 Å². The van der Waals surface area contributed by atoms with Crippen molar-refractivity contribution in [2.24, 2.45) is 5.92 Å². The van der Waals surface area contributed by atoms with Crippen molar-refractivity contribution in [3.8, 4) is 5.75 Å². The fourth-order valence-corrected chi connectivity index (χ4v) is 4.37. The Kier molecular flexibility index (Phi) is 4.52. The van der Waals surface area contributed by atoms with Crippen molar-refractivity contribution in [3.05, 3.63) is 41.1 Å². The van der Waals surface area contributed by atoms with Crippen LogP contribution in [-0.4, -0.2) is 46.1 Å². The van der Waals surface area contributed by atoms with E-state index in [1.807, 2.05) is 28.6 Å². The number of aromatic nitrogens is 3. The minimum atomic E-state index is 0.0103. The second-order valence-electron chi connectivity index (χ2n) is 7.15. The number of hydrogen-bond donors (Lipinski definition) is 1. The summed E-state index contributed by atoms with van der Waals surface area (Å²) in [6.45, 7) is 1.40. The summed E-state index contributed by atoms with van der Waals surface area (Å²) in [6.07, 6.45) is 3.18. The van der Waals surface area contributed by atoms with Crippen molar-refractivity contribution in [2.75, 3.05) is 18.0 Å². The Morgan fingerprint density at radius 2 is 2.11 bits per heavy atom. The molecule has 5 rings (SSSR count). The lowest BCUT2D eigenvalue weighted by Crippen LogP contribution is -2.61. The number of para-hydroxylation sites is 1. The third-order valence-corrected chi connectivity index (χ3v) is 6.21. The van der Waals surface area contributed by atoms with Crippen LogP contribution in [0.5, 0.6) is 5.75 Å². The van der Waals surface area contributed by atoms with Gasteiger partial charge in [0.15, 0.2) is 0 Å². The van der Waals surface area contributed by atoms with Crippen LogP contribution in [0.4, 0.5) is 5.95 Å². The fourth-order valence-electron chi connectivity index (χ4n) is 3.54. The number of hydrogen-bond acceptors (Lipinski definition) is 7. The third kappa shape index (κ3) is 3.38. The van der Waals surface area contributed by atoms with Gasteiger partial charge in [0.2, 0.25) is 11.9 Å². The maximum Gasteiger partial charge on any atom is 0.226 e. The van der Waals surface area contributed by atoms with Gasteiger partial charge in [-0.25, -0.2) is 15.0 Å². The van der Waals surface area contributed by atoms with Gasteiger partial charge in [0.05, 0.1) is 16.3 Å². The molecular weight excluding hydrogens is 398 g/mol. The Labute approximate surface area is 170 Å². The zero-order valence-corrected chi connectivity index (χ0v) is 16.5. The number of thiazole rings is 1. The van der Waals surface area contributed by atoms with Gasteiger partial charge in [-0.2, -0.15) is 0 Å². The second kappa shape index (κ2) is 7.18. The molecule has 2 aromatic heterocycles. The highest BCUT2D eigenvalue weighted by molar-refractivity contribution is 7.16. The van der Waals surface area contributed by atoms with E-state index in [4.69, 9.17) is 16.3 Å². The number of halogens is 1. The predicted octanol–water partition coefficient (Wildman–Crippen LogP) is 2.90. The first-order valence-corrected chi connectivity index (χ1v) is 10.4. The minimum Gasteiger partial charge on any atom is -0.488 e. The summed E-state index contributed by atoms with van der Waals surface area (Å²) in [6, 6.07) is 7.72. The van der Waals surface area contributed by atoms with E-state index in [0.717, 1.165) is 28.8 Å². The Balaban J connectivity index is 1.09. The quantitative estimate of drug-likeness (QED) is 0.645. The van der Waals surface area contributed by atoms with E-state index in [1.165, 1.54) is 0 Å². The summed E-state index contributed by atoms with van der Waals surface area (Å²) in [5.41, 5.74) is 2.73. The summed E-state index contributed by atoms with van der Waals surface area (Å²) in [7, 11) is 0. The Morgan fingerprint density at radius 3 is 2.93 bits per heavy atom. The molecule has 1 saturated carbocycles. The van der Waals surface area contributed by atoms with Crippen LogP contribution in [0.15, 0.2) is 36.0 Å². The number of ether oxygens (including phenoxy) is 1. The lowest BCUT2D eigenvalue weighted by molar-refractivity contribution is -0.131. The Morgan fingerprint density at radius 1 is 1.25 bits per heavy atom. The van der Waals surface area contributed by atoms with Crippen LogP contribution in [0.25, 0.3) is 10.2 Å². The van der Waals surface area contributed by atoms with Crippen LogP contribution in [0.2, 0.25) is 5.15 Å². The van der Waals surface area contributed by atoms with Gasteiger partial charge < -0.3 is 15.0 Å². The summed E-state index contributed by atoms with van der Waals surface area (Å²) in [5.74, 6) is 1.52. The van der Waals surface area contributed by atoms with E-state index in [0.29, 0.717) is 24.2 Å². The molecule has 0 unspecified atom stereocenters. The van der Waals surface area contributed by atoms with Crippen molar-refractivity contribution in [1.82, 2.24) is 20.3 Å². The number of benzene rings is 1. The fraction of sp³-hybridized carbons (Fsp3) is 0.368. The molecule has 2 fully saturated rings. The van der Waals surface area contributed by atoms with Gasteiger partial charge in [-0.3, -0.25) is 4.79 Å².